The van der Waals surface area contributed by atoms with Gasteiger partial charge in [-0.1, -0.05) is 6.92 Å². The summed E-state index contributed by atoms with van der Waals surface area (Å²) in [5.74, 6) is -1.75. The normalized spacial score (nSPS) is 18.5. The van der Waals surface area contributed by atoms with E-state index in [-0.39, 0.29) is 19.0 Å². The van der Waals surface area contributed by atoms with Gasteiger partial charge in [0.25, 0.3) is 0 Å². The van der Waals surface area contributed by atoms with Crippen molar-refractivity contribution in [3.8, 4) is 0 Å². The molecular weight excluding hydrogens is 241 g/mol. The number of halogens is 3. The van der Waals surface area contributed by atoms with E-state index in [1.165, 1.54) is 6.92 Å². The molecule has 0 aromatic rings. The average molecular weight is 254 g/mol. The van der Waals surface area contributed by atoms with Gasteiger partial charge in [0, 0.05) is 19.0 Å². The number of likely N-dealkylation sites (tertiary alicyclic amines) is 1. The maximum atomic E-state index is 11.8. The van der Waals surface area contributed by atoms with Gasteiger partial charge in [-0.05, 0) is 0 Å². The molecule has 0 aliphatic carbocycles. The van der Waals surface area contributed by atoms with Crippen molar-refractivity contribution in [2.75, 3.05) is 19.6 Å². The fraction of sp³-hybridized carbons (Fsp3) is 0.778. The molecule has 1 atom stereocenters. The van der Waals surface area contributed by atoms with Crippen molar-refractivity contribution in [1.82, 2.24) is 10.2 Å². The molecule has 8 heteroatoms. The molecule has 2 N–H and O–H groups in total. The molecule has 1 aliphatic heterocycles. The standard InChI is InChI=1S/C9H13F3N2O3/c1-5(7(15)16)6-2-14(3-6)8(17)13-4-9(10,11)12/h5-6H,2-4H2,1H3,(H,13,17)(H,15,16). The minimum Gasteiger partial charge on any atom is -0.481 e. The third kappa shape index (κ3) is 3.79. The van der Waals surface area contributed by atoms with Gasteiger partial charge < -0.3 is 15.3 Å². The molecule has 1 aliphatic rings. The molecule has 0 aromatic heterocycles. The van der Waals surface area contributed by atoms with Gasteiger partial charge in [-0.2, -0.15) is 13.2 Å². The molecule has 5 nitrogen and oxygen atoms in total. The Balaban J connectivity index is 2.28. The second kappa shape index (κ2) is 4.80. The van der Waals surface area contributed by atoms with Crippen LogP contribution < -0.4 is 5.32 Å². The van der Waals surface area contributed by atoms with Crippen LogP contribution in [0.1, 0.15) is 6.92 Å². The highest BCUT2D eigenvalue weighted by Crippen LogP contribution is 2.24. The number of nitrogens with one attached hydrogen (secondary N) is 1. The lowest BCUT2D eigenvalue weighted by atomic mass is 9.87. The Kier molecular flexibility index (Phi) is 3.84. The lowest BCUT2D eigenvalue weighted by Crippen LogP contribution is -2.57. The fourth-order valence-electron chi connectivity index (χ4n) is 1.48. The number of rotatable bonds is 3. The SMILES string of the molecule is CC(C(=O)O)C1CN(C(=O)NCC(F)(F)F)C1. The summed E-state index contributed by atoms with van der Waals surface area (Å²) < 4.78 is 35.4. The van der Waals surface area contributed by atoms with Crippen LogP contribution in [-0.4, -0.2) is 47.8 Å². The quantitative estimate of drug-likeness (QED) is 0.786. The van der Waals surface area contributed by atoms with Gasteiger partial charge in [-0.25, -0.2) is 4.79 Å². The number of alkyl halides is 3. The van der Waals surface area contributed by atoms with Crippen molar-refractivity contribution in [3.05, 3.63) is 0 Å². The van der Waals surface area contributed by atoms with Crippen LogP contribution in [0.4, 0.5) is 18.0 Å². The van der Waals surface area contributed by atoms with Crippen molar-refractivity contribution in [2.45, 2.75) is 13.1 Å². The molecule has 0 bridgehead atoms. The monoisotopic (exact) mass is 254 g/mol. The van der Waals surface area contributed by atoms with Crippen molar-refractivity contribution in [3.63, 3.8) is 0 Å². The number of amides is 2. The topological polar surface area (TPSA) is 69.6 Å². The van der Waals surface area contributed by atoms with Crippen LogP contribution in [0.15, 0.2) is 0 Å². The molecule has 2 amide bonds. The zero-order valence-corrected chi connectivity index (χ0v) is 9.12. The Morgan fingerprint density at radius 3 is 2.41 bits per heavy atom. The third-order valence-corrected chi connectivity index (χ3v) is 2.73. The van der Waals surface area contributed by atoms with E-state index in [1.54, 1.807) is 5.32 Å². The summed E-state index contributed by atoms with van der Waals surface area (Å²) in [5, 5.41) is 10.4. The lowest BCUT2D eigenvalue weighted by Gasteiger charge is -2.41. The van der Waals surface area contributed by atoms with Gasteiger partial charge in [0.05, 0.1) is 5.92 Å². The van der Waals surface area contributed by atoms with E-state index in [0.29, 0.717) is 0 Å². The largest absolute Gasteiger partial charge is 0.481 e. The van der Waals surface area contributed by atoms with Crippen LogP contribution >= 0.6 is 0 Å². The first-order valence-corrected chi connectivity index (χ1v) is 5.03. The molecule has 0 spiro atoms. The number of carbonyl (C=O) groups excluding carboxylic acids is 1. The summed E-state index contributed by atoms with van der Waals surface area (Å²) in [7, 11) is 0. The van der Waals surface area contributed by atoms with Gasteiger partial charge in [0.1, 0.15) is 6.54 Å². The van der Waals surface area contributed by atoms with E-state index in [4.69, 9.17) is 5.11 Å². The molecule has 0 radical (unpaired) electrons. The minimum absolute atomic E-state index is 0.178. The van der Waals surface area contributed by atoms with Gasteiger partial charge in [-0.15, -0.1) is 0 Å². The van der Waals surface area contributed by atoms with Crippen molar-refractivity contribution in [1.29, 1.82) is 0 Å². The highest BCUT2D eigenvalue weighted by molar-refractivity contribution is 5.76. The number of carboxylic acid groups (broad SMARTS) is 1. The number of hydrogen-bond acceptors (Lipinski definition) is 2. The van der Waals surface area contributed by atoms with E-state index in [9.17, 15) is 22.8 Å². The number of carbonyl (C=O) groups is 2. The molecule has 98 valence electrons. The highest BCUT2D eigenvalue weighted by atomic mass is 19.4. The zero-order chi connectivity index (χ0) is 13.2. The highest BCUT2D eigenvalue weighted by Gasteiger charge is 2.38. The van der Waals surface area contributed by atoms with E-state index in [0.717, 1.165) is 4.90 Å². The number of nitrogens with zero attached hydrogens (tertiary/aromatic N) is 1. The van der Waals surface area contributed by atoms with Crippen LogP contribution in [0.5, 0.6) is 0 Å². The second-order valence-electron chi connectivity index (χ2n) is 4.07. The molecule has 1 rings (SSSR count). The van der Waals surface area contributed by atoms with Gasteiger partial charge >= 0.3 is 18.2 Å². The predicted octanol–water partition coefficient (Wildman–Crippen LogP) is 0.911. The summed E-state index contributed by atoms with van der Waals surface area (Å²) in [5.41, 5.74) is 0. The Morgan fingerprint density at radius 2 is 2.00 bits per heavy atom. The van der Waals surface area contributed by atoms with Crippen molar-refractivity contribution >= 4 is 12.0 Å². The molecule has 0 saturated carbocycles. The zero-order valence-electron chi connectivity index (χ0n) is 9.12. The van der Waals surface area contributed by atoms with Gasteiger partial charge in [0.15, 0.2) is 0 Å². The Bertz CT molecular complexity index is 313. The molecule has 1 unspecified atom stereocenters. The number of carboxylic acids is 1. The summed E-state index contributed by atoms with van der Waals surface area (Å²) in [6, 6.07) is -0.809. The maximum Gasteiger partial charge on any atom is 0.405 e. The summed E-state index contributed by atoms with van der Waals surface area (Å²) in [6.07, 6.45) is -4.44. The molecule has 1 saturated heterocycles. The lowest BCUT2D eigenvalue weighted by molar-refractivity contribution is -0.144. The average Bonchev–Trinajstić information content (AvgIpc) is 2.10. The van der Waals surface area contributed by atoms with E-state index >= 15 is 0 Å². The Morgan fingerprint density at radius 1 is 1.47 bits per heavy atom. The van der Waals surface area contributed by atoms with Gasteiger partial charge in [0.2, 0.25) is 0 Å². The number of hydrogen-bond donors (Lipinski definition) is 2. The molecule has 17 heavy (non-hydrogen) atoms. The smallest absolute Gasteiger partial charge is 0.405 e. The summed E-state index contributed by atoms with van der Waals surface area (Å²) in [6.45, 7) is 0.494. The van der Waals surface area contributed by atoms with Crippen LogP contribution in [0.3, 0.4) is 0 Å². The number of aliphatic carboxylic acids is 1. The summed E-state index contributed by atoms with van der Waals surface area (Å²) in [4.78, 5) is 22.9. The van der Waals surface area contributed by atoms with Crippen LogP contribution in [0, 0.1) is 11.8 Å². The first kappa shape index (κ1) is 13.6. The predicted molar refractivity (Wildman–Crippen MR) is 51.3 cm³/mol. The molecule has 0 aromatic carbocycles. The minimum atomic E-state index is -4.44. The van der Waals surface area contributed by atoms with Gasteiger partial charge in [-0.3, -0.25) is 4.79 Å². The van der Waals surface area contributed by atoms with E-state index in [1.807, 2.05) is 0 Å². The van der Waals surface area contributed by atoms with Crippen molar-refractivity contribution < 1.29 is 27.9 Å². The first-order chi connectivity index (χ1) is 7.70. The van der Waals surface area contributed by atoms with E-state index < -0.39 is 30.6 Å². The van der Waals surface area contributed by atoms with Crippen LogP contribution in [0.25, 0.3) is 0 Å². The third-order valence-electron chi connectivity index (χ3n) is 2.73. The maximum absolute atomic E-state index is 11.8. The second-order valence-corrected chi connectivity index (χ2v) is 4.07. The van der Waals surface area contributed by atoms with E-state index in [2.05, 4.69) is 0 Å². The molecule has 1 heterocycles. The fourth-order valence-corrected chi connectivity index (χ4v) is 1.48. The Hall–Kier alpha value is -1.47. The molecule has 1 fully saturated rings. The summed E-state index contributed by atoms with van der Waals surface area (Å²) >= 11 is 0. The van der Waals surface area contributed by atoms with Crippen LogP contribution in [-0.2, 0) is 4.79 Å². The Labute approximate surface area is 95.6 Å². The number of urea groups is 1. The van der Waals surface area contributed by atoms with Crippen molar-refractivity contribution in [2.24, 2.45) is 11.8 Å². The molecular formula is C9H13F3N2O3. The first-order valence-electron chi connectivity index (χ1n) is 5.03. The van der Waals surface area contributed by atoms with Crippen LogP contribution in [0.2, 0.25) is 0 Å².